The number of nitrogens with zero attached hydrogens (tertiary/aromatic N) is 2. The van der Waals surface area contributed by atoms with Crippen LogP contribution < -0.4 is 10.6 Å². The molecule has 1 aromatic carbocycles. The SMILES string of the molecule is CC(=O)Nc1ccc(Sc2cnc(C(=O)N[C@@H]3C4CCN(CC4)[C@H]3C)s2)cc1. The quantitative estimate of drug-likeness (QED) is 0.781. The monoisotopic (exact) mass is 416 g/mol. The van der Waals surface area contributed by atoms with Crippen molar-refractivity contribution in [1.82, 2.24) is 15.2 Å². The van der Waals surface area contributed by atoms with Gasteiger partial charge in [0.15, 0.2) is 5.01 Å². The first-order chi connectivity index (χ1) is 13.5. The standard InChI is InChI=1S/C20H24N4O2S2/c1-12-18(14-7-9-24(12)10-8-14)23-19(26)20-21-11-17(28-20)27-16-5-3-15(4-6-16)22-13(2)25/h3-6,11-12,14,18H,7-10H2,1-2H3,(H,22,25)(H,23,26)/t12-,18-/m0/s1. The van der Waals surface area contributed by atoms with Gasteiger partial charge in [-0.1, -0.05) is 11.8 Å². The number of carbonyl (C=O) groups excluding carboxylic acids is 2. The highest BCUT2D eigenvalue weighted by molar-refractivity contribution is 8.01. The van der Waals surface area contributed by atoms with Crippen LogP contribution in [0.5, 0.6) is 0 Å². The molecule has 2 bridgehead atoms. The Morgan fingerprint density at radius 3 is 2.57 bits per heavy atom. The Kier molecular flexibility index (Phi) is 5.70. The summed E-state index contributed by atoms with van der Waals surface area (Å²) in [5.74, 6) is 0.430. The fourth-order valence-corrected chi connectivity index (χ4v) is 5.95. The molecule has 3 aliphatic rings. The van der Waals surface area contributed by atoms with Crippen molar-refractivity contribution in [1.29, 1.82) is 0 Å². The number of hydrogen-bond donors (Lipinski definition) is 2. The van der Waals surface area contributed by atoms with Crippen molar-refractivity contribution in [2.45, 2.75) is 47.9 Å². The predicted molar refractivity (Wildman–Crippen MR) is 112 cm³/mol. The number of benzene rings is 1. The third-order valence-electron chi connectivity index (χ3n) is 5.55. The van der Waals surface area contributed by atoms with Crippen LogP contribution in [-0.4, -0.2) is 46.9 Å². The van der Waals surface area contributed by atoms with Crippen molar-refractivity contribution in [3.8, 4) is 0 Å². The lowest BCUT2D eigenvalue weighted by Gasteiger charge is -2.49. The smallest absolute Gasteiger partial charge is 0.280 e. The number of nitrogens with one attached hydrogen (secondary N) is 2. The molecule has 3 fully saturated rings. The maximum absolute atomic E-state index is 12.7. The predicted octanol–water partition coefficient (Wildman–Crippen LogP) is 3.47. The third kappa shape index (κ3) is 4.24. The van der Waals surface area contributed by atoms with Crippen LogP contribution in [0.1, 0.15) is 36.5 Å². The molecule has 0 spiro atoms. The normalized spacial score (nSPS) is 26.1. The zero-order valence-corrected chi connectivity index (χ0v) is 17.6. The van der Waals surface area contributed by atoms with Gasteiger partial charge in [0, 0.05) is 29.6 Å². The molecule has 2 atom stereocenters. The summed E-state index contributed by atoms with van der Waals surface area (Å²) in [5.41, 5.74) is 0.771. The summed E-state index contributed by atoms with van der Waals surface area (Å²) in [6, 6.07) is 8.25. The first kappa shape index (κ1) is 19.4. The first-order valence-corrected chi connectivity index (χ1v) is 11.2. The van der Waals surface area contributed by atoms with E-state index in [2.05, 4.69) is 27.4 Å². The minimum Gasteiger partial charge on any atom is -0.345 e. The van der Waals surface area contributed by atoms with Crippen molar-refractivity contribution >= 4 is 40.6 Å². The molecule has 5 rings (SSSR count). The van der Waals surface area contributed by atoms with Crippen LogP contribution in [0, 0.1) is 5.92 Å². The van der Waals surface area contributed by atoms with E-state index in [1.165, 1.54) is 31.1 Å². The molecule has 2 aromatic rings. The fourth-order valence-electron chi connectivity index (χ4n) is 4.10. The summed E-state index contributed by atoms with van der Waals surface area (Å²) in [5, 5.41) is 6.51. The summed E-state index contributed by atoms with van der Waals surface area (Å²) in [6.45, 7) is 6.00. The largest absolute Gasteiger partial charge is 0.345 e. The number of amides is 2. The van der Waals surface area contributed by atoms with E-state index < -0.39 is 0 Å². The van der Waals surface area contributed by atoms with Gasteiger partial charge in [-0.3, -0.25) is 14.5 Å². The minimum absolute atomic E-state index is 0.0662. The summed E-state index contributed by atoms with van der Waals surface area (Å²) in [4.78, 5) is 31.7. The number of fused-ring (bicyclic) bond motifs is 3. The molecular formula is C20H24N4O2S2. The lowest BCUT2D eigenvalue weighted by molar-refractivity contribution is -0.114. The molecule has 0 unspecified atom stereocenters. The number of aromatic nitrogens is 1. The topological polar surface area (TPSA) is 74.3 Å². The van der Waals surface area contributed by atoms with E-state index >= 15 is 0 Å². The van der Waals surface area contributed by atoms with E-state index in [4.69, 9.17) is 0 Å². The number of carbonyl (C=O) groups is 2. The molecule has 28 heavy (non-hydrogen) atoms. The summed E-state index contributed by atoms with van der Waals surface area (Å²) < 4.78 is 0.972. The first-order valence-electron chi connectivity index (χ1n) is 9.56. The Bertz CT molecular complexity index is 857. The lowest BCUT2D eigenvalue weighted by Crippen LogP contribution is -2.62. The average Bonchev–Trinajstić information content (AvgIpc) is 3.15. The van der Waals surface area contributed by atoms with E-state index in [9.17, 15) is 9.59 Å². The molecule has 2 amide bonds. The van der Waals surface area contributed by atoms with Crippen LogP contribution in [0.4, 0.5) is 5.69 Å². The van der Waals surface area contributed by atoms with Gasteiger partial charge in [-0.25, -0.2) is 4.98 Å². The molecule has 1 aromatic heterocycles. The van der Waals surface area contributed by atoms with Crippen LogP contribution in [0.2, 0.25) is 0 Å². The number of anilines is 1. The number of rotatable bonds is 5. The third-order valence-corrected chi connectivity index (χ3v) is 7.65. The highest BCUT2D eigenvalue weighted by Crippen LogP contribution is 2.34. The van der Waals surface area contributed by atoms with Crippen LogP contribution in [0.15, 0.2) is 39.6 Å². The van der Waals surface area contributed by atoms with Gasteiger partial charge < -0.3 is 10.6 Å². The minimum atomic E-state index is -0.0872. The Hall–Kier alpha value is -1.90. The van der Waals surface area contributed by atoms with Crippen molar-refractivity contribution in [3.05, 3.63) is 35.5 Å². The average molecular weight is 417 g/mol. The Morgan fingerprint density at radius 2 is 1.93 bits per heavy atom. The van der Waals surface area contributed by atoms with Crippen LogP contribution in [0.25, 0.3) is 0 Å². The molecule has 0 aliphatic carbocycles. The van der Waals surface area contributed by atoms with Gasteiger partial charge in [-0.2, -0.15) is 0 Å². The van der Waals surface area contributed by atoms with E-state index in [1.807, 2.05) is 24.3 Å². The van der Waals surface area contributed by atoms with Gasteiger partial charge in [0.1, 0.15) is 0 Å². The maximum atomic E-state index is 12.7. The Balaban J connectivity index is 1.37. The van der Waals surface area contributed by atoms with E-state index in [-0.39, 0.29) is 17.9 Å². The molecule has 8 heteroatoms. The van der Waals surface area contributed by atoms with Gasteiger partial charge in [-0.05, 0) is 63.0 Å². The maximum Gasteiger partial charge on any atom is 0.280 e. The van der Waals surface area contributed by atoms with Gasteiger partial charge in [0.2, 0.25) is 5.91 Å². The van der Waals surface area contributed by atoms with Crippen LogP contribution in [0.3, 0.4) is 0 Å². The molecule has 6 nitrogen and oxygen atoms in total. The molecule has 148 valence electrons. The van der Waals surface area contributed by atoms with Crippen molar-refractivity contribution in [2.75, 3.05) is 18.4 Å². The van der Waals surface area contributed by atoms with Gasteiger partial charge in [0.05, 0.1) is 10.4 Å². The zero-order chi connectivity index (χ0) is 19.7. The van der Waals surface area contributed by atoms with Gasteiger partial charge >= 0.3 is 0 Å². The molecule has 0 saturated carbocycles. The van der Waals surface area contributed by atoms with Gasteiger partial charge in [-0.15, -0.1) is 11.3 Å². The summed E-state index contributed by atoms with van der Waals surface area (Å²) >= 11 is 2.98. The second-order valence-corrected chi connectivity index (χ2v) is 9.81. The lowest BCUT2D eigenvalue weighted by atomic mass is 9.79. The van der Waals surface area contributed by atoms with Crippen molar-refractivity contribution < 1.29 is 9.59 Å². The molecule has 3 aliphatic heterocycles. The van der Waals surface area contributed by atoms with Crippen LogP contribution in [-0.2, 0) is 4.79 Å². The fraction of sp³-hybridized carbons (Fsp3) is 0.450. The van der Waals surface area contributed by atoms with E-state index in [0.717, 1.165) is 27.9 Å². The zero-order valence-electron chi connectivity index (χ0n) is 16.0. The van der Waals surface area contributed by atoms with E-state index in [0.29, 0.717) is 17.0 Å². The number of piperidine rings is 3. The summed E-state index contributed by atoms with van der Waals surface area (Å²) in [6.07, 6.45) is 4.09. The second-order valence-electron chi connectivity index (χ2n) is 7.41. The summed E-state index contributed by atoms with van der Waals surface area (Å²) in [7, 11) is 0. The van der Waals surface area contributed by atoms with Crippen molar-refractivity contribution in [2.24, 2.45) is 5.92 Å². The highest BCUT2D eigenvalue weighted by atomic mass is 32.2. The molecule has 4 heterocycles. The number of hydrogen-bond acceptors (Lipinski definition) is 6. The molecule has 2 N–H and O–H groups in total. The second kappa shape index (κ2) is 8.23. The Labute approximate surface area is 173 Å². The number of thiazole rings is 1. The Morgan fingerprint density at radius 1 is 1.21 bits per heavy atom. The van der Waals surface area contributed by atoms with Crippen LogP contribution >= 0.6 is 23.1 Å². The highest BCUT2D eigenvalue weighted by Gasteiger charge is 2.40. The van der Waals surface area contributed by atoms with Gasteiger partial charge in [0.25, 0.3) is 5.91 Å². The molecular weight excluding hydrogens is 392 g/mol. The molecule has 3 saturated heterocycles. The molecule has 0 radical (unpaired) electrons. The van der Waals surface area contributed by atoms with Crippen molar-refractivity contribution in [3.63, 3.8) is 0 Å². The van der Waals surface area contributed by atoms with E-state index in [1.54, 1.807) is 18.0 Å².